The normalized spacial score (nSPS) is 10.9. The summed E-state index contributed by atoms with van der Waals surface area (Å²) in [6, 6.07) is 9.94. The molecule has 0 N–H and O–H groups in total. The van der Waals surface area contributed by atoms with Gasteiger partial charge in [-0.15, -0.1) is 0 Å². The van der Waals surface area contributed by atoms with E-state index in [0.717, 1.165) is 27.0 Å². The largest absolute Gasteiger partial charge is 0.454 e. The molecule has 0 unspecified atom stereocenters. The van der Waals surface area contributed by atoms with E-state index in [-0.39, 0.29) is 0 Å². The van der Waals surface area contributed by atoms with Gasteiger partial charge >= 0.3 is 0 Å². The lowest BCUT2D eigenvalue weighted by atomic mass is 10.2. The molecule has 0 atom stereocenters. The Bertz CT molecular complexity index is 691. The third kappa shape index (κ3) is 1.96. The summed E-state index contributed by atoms with van der Waals surface area (Å²) < 4.78 is 6.50. The van der Waals surface area contributed by atoms with E-state index in [0.29, 0.717) is 0 Å². The Balaban J connectivity index is 2.18. The maximum atomic E-state index is 5.75. The fraction of sp³-hybridized carbons (Fsp3) is 0.0769. The molecule has 2 aromatic heterocycles. The van der Waals surface area contributed by atoms with Crippen LogP contribution in [0.15, 0.2) is 45.7 Å². The van der Waals surface area contributed by atoms with Gasteiger partial charge in [-0.2, -0.15) is 0 Å². The second kappa shape index (κ2) is 3.96. The predicted molar refractivity (Wildman–Crippen MR) is 69.7 cm³/mol. The van der Waals surface area contributed by atoms with Crippen molar-refractivity contribution in [3.8, 4) is 11.5 Å². The highest BCUT2D eigenvalue weighted by atomic mass is 79.9. The van der Waals surface area contributed by atoms with Crippen molar-refractivity contribution in [3.05, 3.63) is 46.8 Å². The number of fused-ring (bicyclic) bond motifs is 1. The van der Waals surface area contributed by atoms with Crippen LogP contribution in [0, 0.1) is 6.92 Å². The molecule has 0 radical (unpaired) electrons. The second-order valence-corrected chi connectivity index (χ2v) is 4.69. The van der Waals surface area contributed by atoms with Crippen LogP contribution in [0.3, 0.4) is 0 Å². The van der Waals surface area contributed by atoms with E-state index < -0.39 is 0 Å². The Hall–Kier alpha value is -1.68. The van der Waals surface area contributed by atoms with Gasteiger partial charge in [0.15, 0.2) is 5.76 Å². The molecular weight excluding hydrogens is 280 g/mol. The molecule has 0 saturated carbocycles. The van der Waals surface area contributed by atoms with Crippen molar-refractivity contribution < 1.29 is 4.42 Å². The minimum atomic E-state index is 0.749. The predicted octanol–water partition coefficient (Wildman–Crippen LogP) is 3.96. The van der Waals surface area contributed by atoms with Crippen molar-refractivity contribution in [3.63, 3.8) is 0 Å². The zero-order valence-electron chi connectivity index (χ0n) is 9.14. The minimum Gasteiger partial charge on any atom is -0.454 e. The van der Waals surface area contributed by atoms with Crippen molar-refractivity contribution >= 4 is 26.9 Å². The summed E-state index contributed by atoms with van der Waals surface area (Å²) in [6.07, 6.45) is 1.51. The summed E-state index contributed by atoms with van der Waals surface area (Å²) in [5.41, 5.74) is 2.87. The van der Waals surface area contributed by atoms with Gasteiger partial charge in [0.05, 0.1) is 0 Å². The molecule has 0 spiro atoms. The molecule has 2 heterocycles. The smallest absolute Gasteiger partial charge is 0.153 e. The molecule has 17 heavy (non-hydrogen) atoms. The van der Waals surface area contributed by atoms with Crippen molar-refractivity contribution in [1.82, 2.24) is 9.97 Å². The average Bonchev–Trinajstić information content (AvgIpc) is 2.72. The SMILES string of the molecule is Cc1ccc2oc(-c3cc(Br)ncn3)cc2c1. The molecule has 0 aliphatic rings. The first-order chi connectivity index (χ1) is 8.22. The number of hydrogen-bond acceptors (Lipinski definition) is 3. The van der Waals surface area contributed by atoms with E-state index in [1.165, 1.54) is 11.9 Å². The molecule has 0 aliphatic carbocycles. The number of rotatable bonds is 1. The van der Waals surface area contributed by atoms with E-state index in [1.54, 1.807) is 0 Å². The van der Waals surface area contributed by atoms with Crippen LogP contribution < -0.4 is 0 Å². The first-order valence-electron chi connectivity index (χ1n) is 5.20. The fourth-order valence-corrected chi connectivity index (χ4v) is 2.07. The molecular formula is C13H9BrN2O. The first kappa shape index (κ1) is 10.5. The van der Waals surface area contributed by atoms with Crippen LogP contribution in [0.4, 0.5) is 0 Å². The molecule has 3 nitrogen and oxygen atoms in total. The zero-order valence-corrected chi connectivity index (χ0v) is 10.7. The summed E-state index contributed by atoms with van der Waals surface area (Å²) in [5.74, 6) is 0.758. The van der Waals surface area contributed by atoms with Crippen LogP contribution in [0.1, 0.15) is 5.56 Å². The second-order valence-electron chi connectivity index (χ2n) is 3.88. The topological polar surface area (TPSA) is 38.9 Å². The van der Waals surface area contributed by atoms with Crippen LogP contribution in [0.5, 0.6) is 0 Å². The quantitative estimate of drug-likeness (QED) is 0.636. The summed E-state index contributed by atoms with van der Waals surface area (Å²) in [4.78, 5) is 8.19. The Labute approximate surface area is 107 Å². The molecule has 0 fully saturated rings. The van der Waals surface area contributed by atoms with Crippen LogP contribution in [0.2, 0.25) is 0 Å². The van der Waals surface area contributed by atoms with Crippen LogP contribution in [0.25, 0.3) is 22.4 Å². The summed E-state index contributed by atoms with van der Waals surface area (Å²) in [6.45, 7) is 2.06. The van der Waals surface area contributed by atoms with Crippen molar-refractivity contribution in [2.75, 3.05) is 0 Å². The first-order valence-corrected chi connectivity index (χ1v) is 6.00. The van der Waals surface area contributed by atoms with E-state index in [2.05, 4.69) is 38.9 Å². The third-order valence-corrected chi connectivity index (χ3v) is 2.99. The van der Waals surface area contributed by atoms with Gasteiger partial charge in [0, 0.05) is 11.5 Å². The molecule has 4 heteroatoms. The van der Waals surface area contributed by atoms with Gasteiger partial charge in [-0.05, 0) is 41.1 Å². The summed E-state index contributed by atoms with van der Waals surface area (Å²) in [7, 11) is 0. The van der Waals surface area contributed by atoms with E-state index in [9.17, 15) is 0 Å². The van der Waals surface area contributed by atoms with E-state index >= 15 is 0 Å². The van der Waals surface area contributed by atoms with Gasteiger partial charge in [0.2, 0.25) is 0 Å². The maximum absolute atomic E-state index is 5.75. The monoisotopic (exact) mass is 288 g/mol. The van der Waals surface area contributed by atoms with Crippen LogP contribution in [-0.4, -0.2) is 9.97 Å². The molecule has 0 amide bonds. The molecule has 3 rings (SSSR count). The number of furan rings is 1. The highest BCUT2D eigenvalue weighted by Crippen LogP contribution is 2.27. The Morgan fingerprint density at radius 2 is 2.00 bits per heavy atom. The van der Waals surface area contributed by atoms with Gasteiger partial charge in [0.1, 0.15) is 22.2 Å². The van der Waals surface area contributed by atoms with E-state index in [1.807, 2.05) is 24.3 Å². The van der Waals surface area contributed by atoms with Gasteiger partial charge in [-0.3, -0.25) is 0 Å². The number of aromatic nitrogens is 2. The Morgan fingerprint density at radius 3 is 2.82 bits per heavy atom. The Kier molecular flexibility index (Phi) is 2.44. The molecule has 3 aromatic rings. The van der Waals surface area contributed by atoms with Crippen molar-refractivity contribution in [2.24, 2.45) is 0 Å². The van der Waals surface area contributed by atoms with Gasteiger partial charge in [0.25, 0.3) is 0 Å². The average molecular weight is 289 g/mol. The highest BCUT2D eigenvalue weighted by molar-refractivity contribution is 9.10. The minimum absolute atomic E-state index is 0.749. The lowest BCUT2D eigenvalue weighted by Crippen LogP contribution is -1.83. The lowest BCUT2D eigenvalue weighted by molar-refractivity contribution is 0.628. The molecule has 0 bridgehead atoms. The molecule has 1 aromatic carbocycles. The Morgan fingerprint density at radius 1 is 1.12 bits per heavy atom. The number of nitrogens with zero attached hydrogens (tertiary/aromatic N) is 2. The number of benzene rings is 1. The number of halogens is 1. The standard InChI is InChI=1S/C13H9BrN2O/c1-8-2-3-11-9(4-8)5-12(17-11)10-6-13(14)16-7-15-10/h2-7H,1H3. The highest BCUT2D eigenvalue weighted by Gasteiger charge is 2.07. The maximum Gasteiger partial charge on any atom is 0.153 e. The third-order valence-electron chi connectivity index (χ3n) is 2.56. The molecule has 84 valence electrons. The number of hydrogen-bond donors (Lipinski definition) is 0. The molecule has 0 saturated heterocycles. The van der Waals surface area contributed by atoms with Gasteiger partial charge < -0.3 is 4.42 Å². The van der Waals surface area contributed by atoms with Gasteiger partial charge in [-0.25, -0.2) is 9.97 Å². The van der Waals surface area contributed by atoms with Crippen molar-refractivity contribution in [2.45, 2.75) is 6.92 Å². The molecule has 0 aliphatic heterocycles. The van der Waals surface area contributed by atoms with Crippen LogP contribution >= 0.6 is 15.9 Å². The van der Waals surface area contributed by atoms with Crippen molar-refractivity contribution in [1.29, 1.82) is 0 Å². The summed E-state index contributed by atoms with van der Waals surface area (Å²) >= 11 is 3.32. The summed E-state index contributed by atoms with van der Waals surface area (Å²) in [5, 5.41) is 1.09. The van der Waals surface area contributed by atoms with E-state index in [4.69, 9.17) is 4.42 Å². The lowest BCUT2D eigenvalue weighted by Gasteiger charge is -1.94. The number of aryl methyl sites for hydroxylation is 1. The fourth-order valence-electron chi connectivity index (χ4n) is 1.76. The van der Waals surface area contributed by atoms with Crippen LogP contribution in [-0.2, 0) is 0 Å². The van der Waals surface area contributed by atoms with Gasteiger partial charge in [-0.1, -0.05) is 11.6 Å². The zero-order chi connectivity index (χ0) is 11.8.